The second-order valence-electron chi connectivity index (χ2n) is 5.77. The molecule has 1 fully saturated rings. The van der Waals surface area contributed by atoms with Gasteiger partial charge in [0.2, 0.25) is 5.91 Å². The molecule has 0 aliphatic heterocycles. The smallest absolute Gasteiger partial charge is 0.220 e. The largest absolute Gasteiger partial charge is 0.469 e. The van der Waals surface area contributed by atoms with Gasteiger partial charge >= 0.3 is 0 Å². The molecular weight excluding hydrogens is 242 g/mol. The highest BCUT2D eigenvalue weighted by molar-refractivity contribution is 5.77. The van der Waals surface area contributed by atoms with E-state index in [1.54, 1.807) is 6.26 Å². The van der Waals surface area contributed by atoms with E-state index in [0.717, 1.165) is 25.0 Å². The number of hydrogen-bond acceptors (Lipinski definition) is 3. The third-order valence-electron chi connectivity index (χ3n) is 3.98. The molecule has 0 bridgehead atoms. The van der Waals surface area contributed by atoms with Crippen molar-refractivity contribution in [2.45, 2.75) is 51.0 Å². The molecule has 2 unspecified atom stereocenters. The zero-order valence-corrected chi connectivity index (χ0v) is 11.5. The monoisotopic (exact) mass is 265 g/mol. The highest BCUT2D eigenvalue weighted by atomic mass is 16.3. The summed E-state index contributed by atoms with van der Waals surface area (Å²) in [6.45, 7) is 2.21. The van der Waals surface area contributed by atoms with Gasteiger partial charge in [-0.1, -0.05) is 19.8 Å². The van der Waals surface area contributed by atoms with E-state index in [-0.39, 0.29) is 12.5 Å². The first-order valence-corrected chi connectivity index (χ1v) is 7.08. The van der Waals surface area contributed by atoms with E-state index in [0.29, 0.717) is 18.8 Å². The maximum Gasteiger partial charge on any atom is 0.220 e. The molecule has 1 aliphatic rings. The fourth-order valence-electron chi connectivity index (χ4n) is 3.01. The average Bonchev–Trinajstić information content (AvgIpc) is 2.89. The molecule has 1 heterocycles. The van der Waals surface area contributed by atoms with Crippen molar-refractivity contribution >= 4 is 5.91 Å². The van der Waals surface area contributed by atoms with Crippen LogP contribution in [0.15, 0.2) is 22.8 Å². The summed E-state index contributed by atoms with van der Waals surface area (Å²) >= 11 is 0. The second kappa shape index (κ2) is 6.24. The van der Waals surface area contributed by atoms with Gasteiger partial charge in [0.25, 0.3) is 0 Å². The number of aliphatic hydroxyl groups excluding tert-OH is 1. The molecule has 2 atom stereocenters. The molecule has 2 N–H and O–H groups in total. The first kappa shape index (κ1) is 14.1. The minimum absolute atomic E-state index is 0.000417. The normalized spacial score (nSPS) is 27.2. The summed E-state index contributed by atoms with van der Waals surface area (Å²) < 4.78 is 5.21. The number of carbonyl (C=O) groups excluding carboxylic acids is 1. The Morgan fingerprint density at radius 2 is 2.47 bits per heavy atom. The Labute approximate surface area is 114 Å². The van der Waals surface area contributed by atoms with Crippen LogP contribution in [0.1, 0.15) is 44.8 Å². The van der Waals surface area contributed by atoms with Crippen molar-refractivity contribution in [1.82, 2.24) is 5.32 Å². The molecule has 4 nitrogen and oxygen atoms in total. The molecule has 0 radical (unpaired) electrons. The van der Waals surface area contributed by atoms with Gasteiger partial charge in [0.1, 0.15) is 5.76 Å². The van der Waals surface area contributed by atoms with Gasteiger partial charge in [0.15, 0.2) is 0 Å². The van der Waals surface area contributed by atoms with Crippen LogP contribution in [0.5, 0.6) is 0 Å². The van der Waals surface area contributed by atoms with E-state index >= 15 is 0 Å². The number of furan rings is 1. The second-order valence-corrected chi connectivity index (χ2v) is 5.77. The molecule has 0 saturated heterocycles. The van der Waals surface area contributed by atoms with Crippen molar-refractivity contribution in [3.05, 3.63) is 24.2 Å². The van der Waals surface area contributed by atoms with Crippen LogP contribution in [-0.4, -0.2) is 23.2 Å². The summed E-state index contributed by atoms with van der Waals surface area (Å²) in [5, 5.41) is 12.7. The molecule has 4 heteroatoms. The average molecular weight is 265 g/mol. The van der Waals surface area contributed by atoms with Crippen molar-refractivity contribution in [3.8, 4) is 0 Å². The van der Waals surface area contributed by atoms with Crippen molar-refractivity contribution in [2.75, 3.05) is 6.61 Å². The molecule has 1 aliphatic carbocycles. The lowest BCUT2D eigenvalue weighted by atomic mass is 9.76. The van der Waals surface area contributed by atoms with E-state index in [1.165, 1.54) is 6.42 Å². The van der Waals surface area contributed by atoms with Crippen molar-refractivity contribution < 1.29 is 14.3 Å². The summed E-state index contributed by atoms with van der Waals surface area (Å²) in [5.74, 6) is 1.39. The third kappa shape index (κ3) is 3.83. The topological polar surface area (TPSA) is 62.5 Å². The molecular formula is C15H23NO3. The van der Waals surface area contributed by atoms with Gasteiger partial charge in [0, 0.05) is 12.8 Å². The van der Waals surface area contributed by atoms with Crippen LogP contribution in [-0.2, 0) is 11.2 Å². The van der Waals surface area contributed by atoms with Crippen molar-refractivity contribution in [1.29, 1.82) is 0 Å². The first-order chi connectivity index (χ1) is 9.13. The fourth-order valence-corrected chi connectivity index (χ4v) is 3.01. The van der Waals surface area contributed by atoms with E-state index in [9.17, 15) is 9.90 Å². The minimum atomic E-state index is -0.405. The molecule has 1 aromatic rings. The summed E-state index contributed by atoms with van der Waals surface area (Å²) in [6, 6.07) is 3.70. The SMILES string of the molecule is CC1CCCC(CO)(NC(=O)CCc2ccco2)C1. The van der Waals surface area contributed by atoms with Gasteiger partial charge in [-0.25, -0.2) is 0 Å². The highest BCUT2D eigenvalue weighted by Crippen LogP contribution is 2.32. The molecule has 1 aromatic heterocycles. The molecule has 0 spiro atoms. The molecule has 2 rings (SSSR count). The Kier molecular flexibility index (Phi) is 4.64. The lowest BCUT2D eigenvalue weighted by molar-refractivity contribution is -0.124. The Balaban J connectivity index is 1.85. The van der Waals surface area contributed by atoms with E-state index < -0.39 is 5.54 Å². The Bertz CT molecular complexity index is 402. The van der Waals surface area contributed by atoms with Crippen LogP contribution in [0.3, 0.4) is 0 Å². The van der Waals surface area contributed by atoms with Crippen molar-refractivity contribution in [2.24, 2.45) is 5.92 Å². The Hall–Kier alpha value is -1.29. The van der Waals surface area contributed by atoms with Crippen LogP contribution in [0, 0.1) is 5.92 Å². The van der Waals surface area contributed by atoms with Crippen LogP contribution < -0.4 is 5.32 Å². The molecule has 1 saturated carbocycles. The summed E-state index contributed by atoms with van der Waals surface area (Å²) in [6.07, 6.45) is 6.63. The van der Waals surface area contributed by atoms with Gasteiger partial charge < -0.3 is 14.8 Å². The van der Waals surface area contributed by atoms with Crippen LogP contribution in [0.25, 0.3) is 0 Å². The van der Waals surface area contributed by atoms with Gasteiger partial charge in [0.05, 0.1) is 18.4 Å². The predicted octanol–water partition coefficient (Wildman–Crippen LogP) is 2.27. The van der Waals surface area contributed by atoms with Crippen LogP contribution >= 0.6 is 0 Å². The Morgan fingerprint density at radius 1 is 1.63 bits per heavy atom. The van der Waals surface area contributed by atoms with Crippen LogP contribution in [0.4, 0.5) is 0 Å². The number of amides is 1. The molecule has 1 amide bonds. The summed E-state index contributed by atoms with van der Waals surface area (Å²) in [7, 11) is 0. The van der Waals surface area contributed by atoms with Crippen molar-refractivity contribution in [3.63, 3.8) is 0 Å². The maximum atomic E-state index is 12.0. The highest BCUT2D eigenvalue weighted by Gasteiger charge is 2.35. The van der Waals surface area contributed by atoms with Gasteiger partial charge in [-0.05, 0) is 30.9 Å². The zero-order valence-electron chi connectivity index (χ0n) is 11.5. The number of rotatable bonds is 5. The van der Waals surface area contributed by atoms with E-state index in [2.05, 4.69) is 12.2 Å². The lowest BCUT2D eigenvalue weighted by Crippen LogP contribution is -2.53. The first-order valence-electron chi connectivity index (χ1n) is 7.08. The number of carbonyl (C=O) groups is 1. The summed E-state index contributed by atoms with van der Waals surface area (Å²) in [4.78, 5) is 12.0. The predicted molar refractivity (Wildman–Crippen MR) is 72.6 cm³/mol. The van der Waals surface area contributed by atoms with Gasteiger partial charge in [-0.15, -0.1) is 0 Å². The Morgan fingerprint density at radius 3 is 3.11 bits per heavy atom. The number of aliphatic hydroxyl groups is 1. The van der Waals surface area contributed by atoms with E-state index in [4.69, 9.17) is 4.42 Å². The minimum Gasteiger partial charge on any atom is -0.469 e. The molecule has 19 heavy (non-hydrogen) atoms. The number of hydrogen-bond donors (Lipinski definition) is 2. The number of aryl methyl sites for hydroxylation is 1. The van der Waals surface area contributed by atoms with E-state index in [1.807, 2.05) is 12.1 Å². The van der Waals surface area contributed by atoms with Gasteiger partial charge in [-0.3, -0.25) is 4.79 Å². The zero-order chi connectivity index (χ0) is 13.7. The quantitative estimate of drug-likeness (QED) is 0.858. The lowest BCUT2D eigenvalue weighted by Gasteiger charge is -2.39. The standard InChI is InChI=1S/C15H23NO3/c1-12-4-2-8-15(10-12,11-17)16-14(18)7-6-13-5-3-9-19-13/h3,5,9,12,17H,2,4,6-8,10-11H2,1H3,(H,16,18). The third-order valence-corrected chi connectivity index (χ3v) is 3.98. The molecule has 106 valence electrons. The number of nitrogens with one attached hydrogen (secondary N) is 1. The molecule has 0 aromatic carbocycles. The maximum absolute atomic E-state index is 12.0. The fraction of sp³-hybridized carbons (Fsp3) is 0.667. The van der Waals surface area contributed by atoms with Crippen LogP contribution in [0.2, 0.25) is 0 Å². The van der Waals surface area contributed by atoms with Gasteiger partial charge in [-0.2, -0.15) is 0 Å². The summed E-state index contributed by atoms with van der Waals surface area (Å²) in [5.41, 5.74) is -0.405.